The molecule has 8 nitrogen and oxygen atoms in total. The summed E-state index contributed by atoms with van der Waals surface area (Å²) in [5.41, 5.74) is 0.619. The maximum atomic E-state index is 13.4. The molecule has 2 aromatic carbocycles. The van der Waals surface area contributed by atoms with Crippen LogP contribution in [0.1, 0.15) is 6.92 Å². The van der Waals surface area contributed by atoms with E-state index >= 15 is 0 Å². The molecule has 4 rings (SSSR count). The third kappa shape index (κ3) is 4.22. The van der Waals surface area contributed by atoms with Crippen LogP contribution in [0.5, 0.6) is 17.2 Å². The van der Waals surface area contributed by atoms with Crippen molar-refractivity contribution in [3.63, 3.8) is 0 Å². The lowest BCUT2D eigenvalue weighted by Crippen LogP contribution is -2.16. The second kappa shape index (κ2) is 8.73. The summed E-state index contributed by atoms with van der Waals surface area (Å²) in [5.74, 6) is 1.80. The summed E-state index contributed by atoms with van der Waals surface area (Å²) in [4.78, 5) is 4.34. The number of anilines is 1. The average molecular weight is 442 g/mol. The summed E-state index contributed by atoms with van der Waals surface area (Å²) in [6, 6.07) is 11.5. The van der Waals surface area contributed by atoms with Gasteiger partial charge in [-0.15, -0.1) is 6.58 Å². The Bertz CT molecular complexity index is 1190. The zero-order chi connectivity index (χ0) is 21.8. The van der Waals surface area contributed by atoms with Gasteiger partial charge in [-0.2, -0.15) is 4.98 Å². The molecule has 1 aliphatic rings. The number of sulfone groups is 1. The Labute approximate surface area is 180 Å². The highest BCUT2D eigenvalue weighted by Crippen LogP contribution is 2.37. The Morgan fingerprint density at radius 1 is 1.13 bits per heavy atom. The first kappa shape index (κ1) is 20.8. The Morgan fingerprint density at radius 2 is 1.87 bits per heavy atom. The molecule has 0 spiro atoms. The predicted octanol–water partition coefficient (Wildman–Crippen LogP) is 3.94. The van der Waals surface area contributed by atoms with Crippen LogP contribution >= 0.6 is 0 Å². The summed E-state index contributed by atoms with van der Waals surface area (Å²) >= 11 is 0. The highest BCUT2D eigenvalue weighted by Gasteiger charge is 2.30. The summed E-state index contributed by atoms with van der Waals surface area (Å²) in [5, 5.41) is 2.70. The van der Waals surface area contributed by atoms with Gasteiger partial charge in [0.1, 0.15) is 19.0 Å². The number of aromatic nitrogens is 1. The van der Waals surface area contributed by atoms with E-state index in [1.165, 1.54) is 12.1 Å². The van der Waals surface area contributed by atoms with Crippen molar-refractivity contribution in [2.45, 2.75) is 16.8 Å². The maximum Gasteiger partial charge on any atom is 0.234 e. The highest BCUT2D eigenvalue weighted by molar-refractivity contribution is 7.91. The Hall–Kier alpha value is -3.46. The largest absolute Gasteiger partial charge is 0.494 e. The fraction of sp³-hybridized carbons (Fsp3) is 0.227. The quantitative estimate of drug-likeness (QED) is 0.524. The molecule has 0 radical (unpaired) electrons. The van der Waals surface area contributed by atoms with Gasteiger partial charge in [-0.25, -0.2) is 8.42 Å². The highest BCUT2D eigenvalue weighted by atomic mass is 32.2. The van der Waals surface area contributed by atoms with E-state index in [2.05, 4.69) is 16.9 Å². The van der Waals surface area contributed by atoms with Crippen LogP contribution in [-0.2, 0) is 9.84 Å². The predicted molar refractivity (Wildman–Crippen MR) is 115 cm³/mol. The van der Waals surface area contributed by atoms with Crippen LogP contribution in [0.2, 0.25) is 0 Å². The van der Waals surface area contributed by atoms with Crippen LogP contribution < -0.4 is 19.5 Å². The molecule has 1 aromatic heterocycles. The number of nitrogens with one attached hydrogen (secondary N) is 1. The lowest BCUT2D eigenvalue weighted by Gasteiger charge is -2.18. The van der Waals surface area contributed by atoms with E-state index in [1.54, 1.807) is 36.4 Å². The lowest BCUT2D eigenvalue weighted by atomic mass is 10.2. The van der Waals surface area contributed by atoms with E-state index in [4.69, 9.17) is 18.6 Å². The second-order valence-corrected chi connectivity index (χ2v) is 8.45. The minimum absolute atomic E-state index is 0.0324. The molecule has 0 saturated carbocycles. The van der Waals surface area contributed by atoms with Crippen molar-refractivity contribution in [2.24, 2.45) is 0 Å². The SMILES string of the molecule is C=CCNc1oc(-c2ccc(OCC)cc2)nc1S(=O)(=O)c1ccc2c(c1)OCCO2. The molecule has 0 fully saturated rings. The van der Waals surface area contributed by atoms with E-state index in [-0.39, 0.29) is 21.7 Å². The van der Waals surface area contributed by atoms with Gasteiger partial charge in [0.05, 0.1) is 11.5 Å². The first-order valence-corrected chi connectivity index (χ1v) is 11.2. The van der Waals surface area contributed by atoms with E-state index in [0.717, 1.165) is 0 Å². The molecule has 0 amide bonds. The van der Waals surface area contributed by atoms with Gasteiger partial charge < -0.3 is 23.9 Å². The first-order chi connectivity index (χ1) is 15.0. The number of hydrogen-bond acceptors (Lipinski definition) is 8. The molecule has 0 bridgehead atoms. The summed E-state index contributed by atoms with van der Waals surface area (Å²) < 4.78 is 49.0. The molecule has 0 atom stereocenters. The summed E-state index contributed by atoms with van der Waals surface area (Å²) in [6.07, 6.45) is 1.60. The van der Waals surface area contributed by atoms with Crippen molar-refractivity contribution in [3.8, 4) is 28.7 Å². The Balaban J connectivity index is 1.74. The van der Waals surface area contributed by atoms with Crippen LogP contribution in [-0.4, -0.2) is 39.8 Å². The minimum atomic E-state index is -4.00. The lowest BCUT2D eigenvalue weighted by molar-refractivity contribution is 0.171. The van der Waals surface area contributed by atoms with Crippen LogP contribution in [0.3, 0.4) is 0 Å². The van der Waals surface area contributed by atoms with E-state index in [0.29, 0.717) is 49.2 Å². The maximum absolute atomic E-state index is 13.4. The van der Waals surface area contributed by atoms with Crippen LogP contribution in [0.15, 0.2) is 69.5 Å². The van der Waals surface area contributed by atoms with Gasteiger partial charge in [0.2, 0.25) is 26.6 Å². The van der Waals surface area contributed by atoms with E-state index in [1.807, 2.05) is 6.92 Å². The number of rotatable bonds is 8. The molecule has 0 unspecified atom stereocenters. The number of nitrogens with zero attached hydrogens (tertiary/aromatic N) is 1. The Kier molecular flexibility index (Phi) is 5.85. The molecule has 1 aliphatic heterocycles. The standard InChI is InChI=1S/C22H22N2O6S/c1-3-11-23-21-22(24-20(30-21)15-5-7-16(8-6-15)27-4-2)31(25,26)17-9-10-18-19(14-17)29-13-12-28-18/h3,5-10,14,23H,1,4,11-13H2,2H3. The van der Waals surface area contributed by atoms with Crippen molar-refractivity contribution in [1.82, 2.24) is 4.98 Å². The topological polar surface area (TPSA) is 99.9 Å². The number of benzene rings is 2. The zero-order valence-electron chi connectivity index (χ0n) is 17.0. The third-order valence-electron chi connectivity index (χ3n) is 4.49. The van der Waals surface area contributed by atoms with Crippen LogP contribution in [0.25, 0.3) is 11.5 Å². The van der Waals surface area contributed by atoms with Gasteiger partial charge in [0.25, 0.3) is 0 Å². The Morgan fingerprint density at radius 3 is 2.58 bits per heavy atom. The van der Waals surface area contributed by atoms with Crippen molar-refractivity contribution in [3.05, 3.63) is 55.1 Å². The number of ether oxygens (including phenoxy) is 3. The number of oxazole rings is 1. The van der Waals surface area contributed by atoms with Crippen LogP contribution in [0, 0.1) is 0 Å². The second-order valence-electron chi connectivity index (χ2n) is 6.59. The molecule has 9 heteroatoms. The van der Waals surface area contributed by atoms with E-state index < -0.39 is 9.84 Å². The molecule has 162 valence electrons. The van der Waals surface area contributed by atoms with Crippen molar-refractivity contribution < 1.29 is 27.0 Å². The zero-order valence-corrected chi connectivity index (χ0v) is 17.8. The fourth-order valence-electron chi connectivity index (χ4n) is 3.05. The van der Waals surface area contributed by atoms with Crippen LogP contribution in [0.4, 0.5) is 5.88 Å². The summed E-state index contributed by atoms with van der Waals surface area (Å²) in [6.45, 7) is 7.18. The molecule has 0 saturated heterocycles. The minimum Gasteiger partial charge on any atom is -0.494 e. The molecule has 3 aromatic rings. The summed E-state index contributed by atoms with van der Waals surface area (Å²) in [7, 11) is -4.00. The smallest absolute Gasteiger partial charge is 0.234 e. The normalized spacial score (nSPS) is 12.9. The molecule has 0 aliphatic carbocycles. The van der Waals surface area contributed by atoms with Gasteiger partial charge in [-0.3, -0.25) is 0 Å². The first-order valence-electron chi connectivity index (χ1n) is 9.76. The molecule has 1 N–H and O–H groups in total. The molecular weight excluding hydrogens is 420 g/mol. The number of hydrogen-bond donors (Lipinski definition) is 1. The third-order valence-corrected chi connectivity index (χ3v) is 6.15. The van der Waals surface area contributed by atoms with Crippen molar-refractivity contribution in [2.75, 3.05) is 31.7 Å². The molecule has 31 heavy (non-hydrogen) atoms. The average Bonchev–Trinajstić information content (AvgIpc) is 3.23. The van der Waals surface area contributed by atoms with Gasteiger partial charge >= 0.3 is 0 Å². The van der Waals surface area contributed by atoms with Crippen molar-refractivity contribution in [1.29, 1.82) is 0 Å². The van der Waals surface area contributed by atoms with Gasteiger partial charge in [0, 0.05) is 18.2 Å². The molecular formula is C22H22N2O6S. The van der Waals surface area contributed by atoms with Gasteiger partial charge in [0.15, 0.2) is 11.5 Å². The van der Waals surface area contributed by atoms with Gasteiger partial charge in [-0.05, 0) is 43.3 Å². The van der Waals surface area contributed by atoms with Gasteiger partial charge in [-0.1, -0.05) is 6.08 Å². The van der Waals surface area contributed by atoms with E-state index in [9.17, 15) is 8.42 Å². The number of fused-ring (bicyclic) bond motifs is 1. The molecule has 2 heterocycles. The van der Waals surface area contributed by atoms with Crippen molar-refractivity contribution >= 4 is 15.7 Å². The fourth-order valence-corrected chi connectivity index (χ4v) is 4.34. The monoisotopic (exact) mass is 442 g/mol.